The summed E-state index contributed by atoms with van der Waals surface area (Å²) in [6, 6.07) is 16.5. The Morgan fingerprint density at radius 3 is 2.18 bits per heavy atom. The second kappa shape index (κ2) is 9.74. The number of ether oxygens (including phenoxy) is 2. The maximum atomic E-state index is 13.9. The Labute approximate surface area is 195 Å². The van der Waals surface area contributed by atoms with Gasteiger partial charge in [0.15, 0.2) is 11.6 Å². The first-order valence-corrected chi connectivity index (χ1v) is 10.7. The van der Waals surface area contributed by atoms with Crippen molar-refractivity contribution >= 4 is 28.8 Å². The number of carbonyl (C=O) groups is 2. The Balaban J connectivity index is 1.78. The highest BCUT2D eigenvalue weighted by atomic mass is 19.2. The first-order chi connectivity index (χ1) is 16.4. The van der Waals surface area contributed by atoms with Crippen LogP contribution in [0.5, 0.6) is 11.5 Å². The number of nitrogens with zero attached hydrogens (tertiary/aromatic N) is 1. The molecule has 8 heteroatoms. The number of benzene rings is 3. The molecule has 0 radical (unpaired) electrons. The van der Waals surface area contributed by atoms with Crippen LogP contribution in [0.3, 0.4) is 0 Å². The number of halogens is 2. The molecule has 1 heterocycles. The van der Waals surface area contributed by atoms with Gasteiger partial charge in [0.05, 0.1) is 24.5 Å². The van der Waals surface area contributed by atoms with Gasteiger partial charge in [0.1, 0.15) is 17.2 Å². The van der Waals surface area contributed by atoms with Gasteiger partial charge in [-0.3, -0.25) is 9.59 Å². The zero-order valence-corrected chi connectivity index (χ0v) is 18.6. The van der Waals surface area contributed by atoms with Crippen molar-refractivity contribution in [3.05, 3.63) is 89.6 Å². The zero-order valence-electron chi connectivity index (χ0n) is 18.6. The van der Waals surface area contributed by atoms with Crippen LogP contribution in [0.15, 0.2) is 72.4 Å². The van der Waals surface area contributed by atoms with Crippen molar-refractivity contribution in [1.29, 1.82) is 0 Å². The molecule has 1 aliphatic heterocycles. The van der Waals surface area contributed by atoms with Crippen LogP contribution < -0.4 is 19.7 Å². The number of amides is 2. The molecule has 34 heavy (non-hydrogen) atoms. The van der Waals surface area contributed by atoms with Crippen molar-refractivity contribution in [3.63, 3.8) is 0 Å². The van der Waals surface area contributed by atoms with E-state index in [1.165, 1.54) is 6.07 Å². The van der Waals surface area contributed by atoms with E-state index in [-0.39, 0.29) is 17.0 Å². The second-order valence-electron chi connectivity index (χ2n) is 7.34. The molecule has 0 atom stereocenters. The molecule has 174 valence electrons. The van der Waals surface area contributed by atoms with Crippen molar-refractivity contribution in [2.24, 2.45) is 0 Å². The minimum Gasteiger partial charge on any atom is -0.494 e. The number of rotatable bonds is 8. The van der Waals surface area contributed by atoms with Crippen LogP contribution in [-0.4, -0.2) is 25.0 Å². The van der Waals surface area contributed by atoms with Gasteiger partial charge in [0, 0.05) is 17.8 Å². The fraction of sp³-hybridized carbons (Fsp3) is 0.154. The lowest BCUT2D eigenvalue weighted by atomic mass is 10.0. The monoisotopic (exact) mass is 464 g/mol. The van der Waals surface area contributed by atoms with E-state index in [0.29, 0.717) is 36.0 Å². The molecule has 0 spiro atoms. The second-order valence-corrected chi connectivity index (χ2v) is 7.34. The van der Waals surface area contributed by atoms with Crippen LogP contribution >= 0.6 is 0 Å². The van der Waals surface area contributed by atoms with E-state index in [1.54, 1.807) is 48.5 Å². The smallest absolute Gasteiger partial charge is 0.282 e. The maximum absolute atomic E-state index is 13.9. The lowest BCUT2D eigenvalue weighted by Crippen LogP contribution is -2.32. The minimum absolute atomic E-state index is 0.00698. The van der Waals surface area contributed by atoms with Crippen molar-refractivity contribution < 1.29 is 27.8 Å². The molecule has 0 saturated heterocycles. The Kier molecular flexibility index (Phi) is 6.58. The molecule has 0 fully saturated rings. The summed E-state index contributed by atoms with van der Waals surface area (Å²) in [6.45, 7) is 4.65. The van der Waals surface area contributed by atoms with Gasteiger partial charge in [0.2, 0.25) is 0 Å². The summed E-state index contributed by atoms with van der Waals surface area (Å²) in [6.07, 6.45) is 0. The fourth-order valence-corrected chi connectivity index (χ4v) is 3.63. The zero-order chi connectivity index (χ0) is 24.2. The summed E-state index contributed by atoms with van der Waals surface area (Å²) in [5.74, 6) is -2.39. The lowest BCUT2D eigenvalue weighted by Gasteiger charge is -2.16. The Morgan fingerprint density at radius 2 is 1.50 bits per heavy atom. The molecule has 2 amide bonds. The van der Waals surface area contributed by atoms with Crippen LogP contribution in [0.2, 0.25) is 0 Å². The van der Waals surface area contributed by atoms with Crippen LogP contribution in [0.1, 0.15) is 19.4 Å². The summed E-state index contributed by atoms with van der Waals surface area (Å²) in [5.41, 5.74) is 1.03. The predicted molar refractivity (Wildman–Crippen MR) is 125 cm³/mol. The summed E-state index contributed by atoms with van der Waals surface area (Å²) in [5, 5.41) is 3.02. The van der Waals surface area contributed by atoms with Gasteiger partial charge in [-0.15, -0.1) is 0 Å². The van der Waals surface area contributed by atoms with Gasteiger partial charge in [-0.2, -0.15) is 0 Å². The van der Waals surface area contributed by atoms with E-state index < -0.39 is 23.4 Å². The number of imide groups is 1. The number of anilines is 2. The van der Waals surface area contributed by atoms with Crippen LogP contribution in [0.4, 0.5) is 20.2 Å². The molecule has 6 nitrogen and oxygen atoms in total. The van der Waals surface area contributed by atoms with Crippen LogP contribution in [0, 0.1) is 11.6 Å². The van der Waals surface area contributed by atoms with Crippen molar-refractivity contribution in [2.75, 3.05) is 23.4 Å². The van der Waals surface area contributed by atoms with Crippen LogP contribution in [0.25, 0.3) is 5.57 Å². The highest BCUT2D eigenvalue weighted by molar-refractivity contribution is 6.46. The molecular formula is C26H22F2N2O4. The molecule has 0 aromatic heterocycles. The van der Waals surface area contributed by atoms with E-state index in [2.05, 4.69) is 5.32 Å². The third-order valence-corrected chi connectivity index (χ3v) is 5.11. The van der Waals surface area contributed by atoms with Gasteiger partial charge < -0.3 is 14.8 Å². The van der Waals surface area contributed by atoms with Crippen LogP contribution in [-0.2, 0) is 9.59 Å². The maximum Gasteiger partial charge on any atom is 0.282 e. The molecular weight excluding hydrogens is 442 g/mol. The summed E-state index contributed by atoms with van der Waals surface area (Å²) in [7, 11) is 0. The third kappa shape index (κ3) is 4.47. The molecule has 4 rings (SSSR count). The van der Waals surface area contributed by atoms with Crippen molar-refractivity contribution in [3.8, 4) is 11.5 Å². The van der Waals surface area contributed by atoms with Gasteiger partial charge >= 0.3 is 0 Å². The Morgan fingerprint density at radius 1 is 0.794 bits per heavy atom. The molecule has 3 aromatic carbocycles. The average Bonchev–Trinajstić information content (AvgIpc) is 3.06. The molecule has 1 aliphatic rings. The van der Waals surface area contributed by atoms with Crippen molar-refractivity contribution in [2.45, 2.75) is 13.8 Å². The van der Waals surface area contributed by atoms with E-state index in [4.69, 9.17) is 9.47 Å². The summed E-state index contributed by atoms with van der Waals surface area (Å²) in [4.78, 5) is 27.6. The molecule has 0 unspecified atom stereocenters. The standard InChI is InChI=1S/C26H22F2N2O4/c1-3-33-19-11-8-16(9-12-19)23-24(29-17-6-5-7-20(14-17)34-4-2)26(32)30(25(23)31)18-10-13-21(27)22(28)15-18/h5-15,29H,3-4H2,1-2H3. The Hall–Kier alpha value is -4.20. The third-order valence-electron chi connectivity index (χ3n) is 5.11. The first kappa shape index (κ1) is 23.0. The van der Waals surface area contributed by atoms with E-state index >= 15 is 0 Å². The summed E-state index contributed by atoms with van der Waals surface area (Å²) >= 11 is 0. The lowest BCUT2D eigenvalue weighted by molar-refractivity contribution is -0.120. The summed E-state index contributed by atoms with van der Waals surface area (Å²) < 4.78 is 38.4. The molecule has 0 bridgehead atoms. The highest BCUT2D eigenvalue weighted by Gasteiger charge is 2.40. The molecule has 0 saturated carbocycles. The number of hydrogen-bond acceptors (Lipinski definition) is 5. The molecule has 0 aliphatic carbocycles. The van der Waals surface area contributed by atoms with Gasteiger partial charge in [-0.25, -0.2) is 13.7 Å². The van der Waals surface area contributed by atoms with Gasteiger partial charge in [0.25, 0.3) is 11.8 Å². The molecule has 3 aromatic rings. The quantitative estimate of drug-likeness (QED) is 0.467. The predicted octanol–water partition coefficient (Wildman–Crippen LogP) is 5.16. The largest absolute Gasteiger partial charge is 0.494 e. The fourth-order valence-electron chi connectivity index (χ4n) is 3.63. The minimum atomic E-state index is -1.16. The van der Waals surface area contributed by atoms with Crippen molar-refractivity contribution in [1.82, 2.24) is 0 Å². The SMILES string of the molecule is CCOc1ccc(C2=C(Nc3cccc(OCC)c3)C(=O)N(c3ccc(F)c(F)c3)C2=O)cc1. The first-order valence-electron chi connectivity index (χ1n) is 10.7. The van der Waals surface area contributed by atoms with Gasteiger partial charge in [-0.05, 0) is 55.8 Å². The highest BCUT2D eigenvalue weighted by Crippen LogP contribution is 2.35. The van der Waals surface area contributed by atoms with E-state index in [0.717, 1.165) is 17.0 Å². The normalized spacial score (nSPS) is 13.5. The molecule has 1 N–H and O–H groups in total. The van der Waals surface area contributed by atoms with E-state index in [9.17, 15) is 18.4 Å². The number of nitrogens with one attached hydrogen (secondary N) is 1. The number of hydrogen-bond donors (Lipinski definition) is 1. The topological polar surface area (TPSA) is 67.9 Å². The number of carbonyl (C=O) groups excluding carboxylic acids is 2. The van der Waals surface area contributed by atoms with E-state index in [1.807, 2.05) is 13.8 Å². The Bertz CT molecular complexity index is 1270. The van der Waals surface area contributed by atoms with Gasteiger partial charge in [-0.1, -0.05) is 18.2 Å². The average molecular weight is 464 g/mol.